The second kappa shape index (κ2) is 9.18. The van der Waals surface area contributed by atoms with Crippen molar-refractivity contribution >= 4 is 23.3 Å². The Labute approximate surface area is 162 Å². The van der Waals surface area contributed by atoms with E-state index in [4.69, 9.17) is 14.2 Å². The first-order chi connectivity index (χ1) is 13.6. The van der Waals surface area contributed by atoms with Gasteiger partial charge in [0, 0.05) is 18.8 Å². The highest BCUT2D eigenvalue weighted by Crippen LogP contribution is 2.26. The Bertz CT molecular complexity index is 852. The summed E-state index contributed by atoms with van der Waals surface area (Å²) in [6.07, 6.45) is 0. The first kappa shape index (κ1) is 19.6. The predicted octanol–water partition coefficient (Wildman–Crippen LogP) is 2.47. The molecule has 1 saturated heterocycles. The van der Waals surface area contributed by atoms with Crippen molar-refractivity contribution in [2.75, 3.05) is 50.2 Å². The molecule has 28 heavy (non-hydrogen) atoms. The Morgan fingerprint density at radius 3 is 2.64 bits per heavy atom. The number of ether oxygens (including phenoxy) is 3. The van der Waals surface area contributed by atoms with Crippen molar-refractivity contribution in [3.05, 3.63) is 53.8 Å². The third-order valence-electron chi connectivity index (χ3n) is 4.23. The van der Waals surface area contributed by atoms with Crippen LogP contribution in [0, 0.1) is 5.82 Å². The molecule has 1 fully saturated rings. The zero-order valence-electron chi connectivity index (χ0n) is 15.4. The molecule has 0 aromatic heterocycles. The number of benzene rings is 2. The van der Waals surface area contributed by atoms with Gasteiger partial charge in [0.25, 0.3) is 5.91 Å². The number of hydrogen-bond acceptors (Lipinski definition) is 6. The molecule has 2 aromatic carbocycles. The van der Waals surface area contributed by atoms with E-state index in [1.807, 2.05) is 4.90 Å². The van der Waals surface area contributed by atoms with E-state index < -0.39 is 17.7 Å². The molecule has 1 aliphatic rings. The van der Waals surface area contributed by atoms with E-state index in [1.54, 1.807) is 24.3 Å². The van der Waals surface area contributed by atoms with Gasteiger partial charge >= 0.3 is 5.97 Å². The molecule has 0 bridgehead atoms. The fourth-order valence-corrected chi connectivity index (χ4v) is 2.87. The molecule has 0 radical (unpaired) electrons. The average molecular weight is 388 g/mol. The van der Waals surface area contributed by atoms with E-state index in [0.717, 1.165) is 5.69 Å². The van der Waals surface area contributed by atoms with Gasteiger partial charge in [0.15, 0.2) is 18.2 Å². The zero-order chi connectivity index (χ0) is 19.9. The minimum atomic E-state index is -0.543. The zero-order valence-corrected chi connectivity index (χ0v) is 15.4. The van der Waals surface area contributed by atoms with E-state index in [0.29, 0.717) is 37.6 Å². The molecule has 3 rings (SSSR count). The number of anilines is 2. The molecule has 0 spiro atoms. The topological polar surface area (TPSA) is 77.1 Å². The van der Waals surface area contributed by atoms with E-state index in [1.165, 1.54) is 25.3 Å². The molecule has 1 heterocycles. The Morgan fingerprint density at radius 1 is 1.18 bits per heavy atom. The molecule has 1 amide bonds. The van der Waals surface area contributed by atoms with E-state index in [9.17, 15) is 14.0 Å². The van der Waals surface area contributed by atoms with Crippen LogP contribution >= 0.6 is 0 Å². The van der Waals surface area contributed by atoms with Gasteiger partial charge in [-0.15, -0.1) is 0 Å². The quantitative estimate of drug-likeness (QED) is 0.766. The number of rotatable bonds is 6. The molecular weight excluding hydrogens is 367 g/mol. The van der Waals surface area contributed by atoms with Crippen LogP contribution < -0.4 is 15.0 Å². The molecule has 0 atom stereocenters. The molecule has 0 unspecified atom stereocenters. The number of halogens is 1. The second-order valence-electron chi connectivity index (χ2n) is 6.09. The van der Waals surface area contributed by atoms with Crippen molar-refractivity contribution in [2.24, 2.45) is 0 Å². The molecule has 1 aliphatic heterocycles. The number of para-hydroxylation sites is 1. The second-order valence-corrected chi connectivity index (χ2v) is 6.09. The van der Waals surface area contributed by atoms with Crippen LogP contribution in [0.15, 0.2) is 42.5 Å². The number of amides is 1. The molecule has 0 aliphatic carbocycles. The van der Waals surface area contributed by atoms with E-state index in [-0.39, 0.29) is 12.4 Å². The largest absolute Gasteiger partial charge is 0.481 e. The molecule has 1 N–H and O–H groups in total. The third-order valence-corrected chi connectivity index (χ3v) is 4.23. The Morgan fingerprint density at radius 2 is 1.93 bits per heavy atom. The minimum absolute atomic E-state index is 0.00411. The number of hydrogen-bond donors (Lipinski definition) is 1. The van der Waals surface area contributed by atoms with Crippen LogP contribution in [0.25, 0.3) is 0 Å². The molecule has 2 aromatic rings. The van der Waals surface area contributed by atoms with Crippen molar-refractivity contribution in [1.82, 2.24) is 0 Å². The summed E-state index contributed by atoms with van der Waals surface area (Å²) in [5, 5.41) is 2.64. The number of carbonyl (C=O) groups is 2. The van der Waals surface area contributed by atoms with Gasteiger partial charge in [-0.05, 0) is 30.3 Å². The number of nitrogens with zero attached hydrogens (tertiary/aromatic N) is 1. The monoisotopic (exact) mass is 388 g/mol. The predicted molar refractivity (Wildman–Crippen MR) is 101 cm³/mol. The highest BCUT2D eigenvalue weighted by Gasteiger charge is 2.20. The lowest BCUT2D eigenvalue weighted by atomic mass is 10.1. The fourth-order valence-electron chi connectivity index (χ4n) is 2.87. The lowest BCUT2D eigenvalue weighted by Gasteiger charge is -2.30. The van der Waals surface area contributed by atoms with Crippen LogP contribution in [-0.4, -0.2) is 51.9 Å². The van der Waals surface area contributed by atoms with E-state index >= 15 is 0 Å². The molecule has 0 saturated carbocycles. The highest BCUT2D eigenvalue weighted by molar-refractivity contribution is 5.99. The Kier molecular flexibility index (Phi) is 6.44. The molecule has 7 nitrogen and oxygen atoms in total. The summed E-state index contributed by atoms with van der Waals surface area (Å²) >= 11 is 0. The van der Waals surface area contributed by atoms with Crippen molar-refractivity contribution in [3.8, 4) is 5.75 Å². The lowest BCUT2D eigenvalue weighted by Crippen LogP contribution is -2.37. The number of nitrogens with one attached hydrogen (secondary N) is 1. The van der Waals surface area contributed by atoms with Crippen LogP contribution in [0.5, 0.6) is 5.75 Å². The van der Waals surface area contributed by atoms with Crippen LogP contribution in [0.2, 0.25) is 0 Å². The Hall–Kier alpha value is -3.13. The first-order valence-electron chi connectivity index (χ1n) is 8.80. The fraction of sp³-hybridized carbons (Fsp3) is 0.300. The van der Waals surface area contributed by atoms with Gasteiger partial charge in [-0.25, -0.2) is 9.18 Å². The van der Waals surface area contributed by atoms with Crippen LogP contribution in [-0.2, 0) is 14.3 Å². The van der Waals surface area contributed by atoms with Crippen LogP contribution in [0.1, 0.15) is 10.4 Å². The third kappa shape index (κ3) is 4.77. The summed E-state index contributed by atoms with van der Waals surface area (Å²) in [6, 6.07) is 10.8. The van der Waals surface area contributed by atoms with Gasteiger partial charge in [0.2, 0.25) is 0 Å². The van der Waals surface area contributed by atoms with Crippen LogP contribution in [0.4, 0.5) is 15.8 Å². The van der Waals surface area contributed by atoms with Gasteiger partial charge in [-0.1, -0.05) is 12.1 Å². The van der Waals surface area contributed by atoms with Gasteiger partial charge in [-0.3, -0.25) is 4.79 Å². The van der Waals surface area contributed by atoms with Crippen LogP contribution in [0.3, 0.4) is 0 Å². The SMILES string of the molecule is COC(=O)c1cc(NC(=O)COc2ccccc2F)ccc1N1CCOCC1. The number of methoxy groups -OCH3 is 1. The van der Waals surface area contributed by atoms with Gasteiger partial charge in [0.05, 0.1) is 31.6 Å². The summed E-state index contributed by atoms with van der Waals surface area (Å²) in [6.45, 7) is 2.11. The molecule has 8 heteroatoms. The van der Waals surface area contributed by atoms with Gasteiger partial charge in [-0.2, -0.15) is 0 Å². The normalized spacial score (nSPS) is 13.7. The molecular formula is C20H21FN2O5. The van der Waals surface area contributed by atoms with E-state index in [2.05, 4.69) is 5.32 Å². The minimum Gasteiger partial charge on any atom is -0.481 e. The highest BCUT2D eigenvalue weighted by atomic mass is 19.1. The van der Waals surface area contributed by atoms with Crippen molar-refractivity contribution in [1.29, 1.82) is 0 Å². The lowest BCUT2D eigenvalue weighted by molar-refractivity contribution is -0.118. The van der Waals surface area contributed by atoms with Crippen molar-refractivity contribution in [3.63, 3.8) is 0 Å². The first-order valence-corrected chi connectivity index (χ1v) is 8.80. The summed E-state index contributed by atoms with van der Waals surface area (Å²) in [5.41, 5.74) is 1.48. The summed E-state index contributed by atoms with van der Waals surface area (Å²) in [4.78, 5) is 26.4. The summed E-state index contributed by atoms with van der Waals surface area (Å²) in [7, 11) is 1.30. The van der Waals surface area contributed by atoms with Gasteiger partial charge < -0.3 is 24.4 Å². The summed E-state index contributed by atoms with van der Waals surface area (Å²) in [5.74, 6) is -1.52. The average Bonchev–Trinajstić information content (AvgIpc) is 2.73. The maximum Gasteiger partial charge on any atom is 0.340 e. The number of esters is 1. The number of morpholine rings is 1. The van der Waals surface area contributed by atoms with Crippen molar-refractivity contribution < 1.29 is 28.2 Å². The number of carbonyl (C=O) groups excluding carboxylic acids is 2. The summed E-state index contributed by atoms with van der Waals surface area (Å²) < 4.78 is 28.9. The van der Waals surface area contributed by atoms with Crippen molar-refractivity contribution in [2.45, 2.75) is 0 Å². The smallest absolute Gasteiger partial charge is 0.340 e. The Balaban J connectivity index is 1.70. The molecule has 148 valence electrons. The maximum absolute atomic E-state index is 13.5. The maximum atomic E-state index is 13.5. The standard InChI is InChI=1S/C20H21FN2O5/c1-26-20(25)15-12-14(6-7-17(15)23-8-10-27-11-9-23)22-19(24)13-28-18-5-3-2-4-16(18)21/h2-7,12H,8-11,13H2,1H3,(H,22,24). The van der Waals surface area contributed by atoms with Gasteiger partial charge in [0.1, 0.15) is 0 Å².